The Bertz CT molecular complexity index is 1660. The maximum absolute atomic E-state index is 14.3. The Morgan fingerprint density at radius 1 is 1.02 bits per heavy atom. The van der Waals surface area contributed by atoms with Gasteiger partial charge in [0.05, 0.1) is 22.2 Å². The molecular weight excluding hydrogens is 579 g/mol. The number of nitrogens with one attached hydrogen (secondary N) is 1. The molecule has 2 saturated carbocycles. The van der Waals surface area contributed by atoms with E-state index in [0.717, 1.165) is 6.07 Å². The summed E-state index contributed by atoms with van der Waals surface area (Å²) in [4.78, 5) is 24.4. The van der Waals surface area contributed by atoms with Gasteiger partial charge in [0.25, 0.3) is 15.9 Å². The number of sulfonamides is 1. The number of aromatic carboxylic acids is 1. The number of hydrogen-bond acceptors (Lipinski definition) is 7. The Labute approximate surface area is 238 Å². The van der Waals surface area contributed by atoms with Gasteiger partial charge in [0, 0.05) is 17.0 Å². The van der Waals surface area contributed by atoms with E-state index in [1.807, 2.05) is 0 Å². The van der Waals surface area contributed by atoms with Gasteiger partial charge < -0.3 is 20.1 Å². The molecule has 42 heavy (non-hydrogen) atoms. The minimum atomic E-state index is -4.87. The van der Waals surface area contributed by atoms with Crippen LogP contribution in [0.2, 0.25) is 0 Å². The molecule has 3 N–H and O–H groups in total. The van der Waals surface area contributed by atoms with Crippen molar-refractivity contribution in [1.82, 2.24) is 5.16 Å². The number of carbonyl (C=O) groups is 2. The summed E-state index contributed by atoms with van der Waals surface area (Å²) in [5, 5.41) is 26.2. The molecule has 10 nitrogen and oxygen atoms in total. The average Bonchev–Trinajstić information content (AvgIpc) is 3.58. The van der Waals surface area contributed by atoms with Crippen LogP contribution in [0.3, 0.4) is 0 Å². The number of hydrogen-bond donors (Lipinski definition) is 3. The predicted octanol–water partition coefficient (Wildman–Crippen LogP) is 4.72. The fourth-order valence-electron chi connectivity index (χ4n) is 6.46. The maximum Gasteiger partial charge on any atom is 0.417 e. The quantitative estimate of drug-likeness (QED) is 0.366. The second-order valence-electron chi connectivity index (χ2n) is 11.2. The molecule has 3 aromatic rings. The van der Waals surface area contributed by atoms with E-state index >= 15 is 0 Å². The molecule has 6 rings (SSSR count). The lowest BCUT2D eigenvalue weighted by Gasteiger charge is -2.47. The number of benzene rings is 2. The Kier molecular flexibility index (Phi) is 6.42. The van der Waals surface area contributed by atoms with Crippen molar-refractivity contribution >= 4 is 33.4 Å². The zero-order valence-corrected chi connectivity index (χ0v) is 22.8. The molecule has 3 aliphatic rings. The zero-order chi connectivity index (χ0) is 30.1. The molecule has 222 valence electrons. The Balaban J connectivity index is 1.49. The number of carboxylic acid groups (broad SMARTS) is 1. The fraction of sp³-hybridized carbons (Fsp3) is 0.393. The number of amides is 1. The molecule has 2 aliphatic carbocycles. The first-order valence-electron chi connectivity index (χ1n) is 13.3. The van der Waals surface area contributed by atoms with Gasteiger partial charge in [-0.15, -0.1) is 0 Å². The van der Waals surface area contributed by atoms with Crippen LogP contribution in [0.25, 0.3) is 0 Å². The van der Waals surface area contributed by atoms with E-state index in [1.165, 1.54) is 53.0 Å². The van der Waals surface area contributed by atoms with Crippen molar-refractivity contribution in [2.24, 2.45) is 5.92 Å². The monoisotopic (exact) mass is 605 g/mol. The van der Waals surface area contributed by atoms with Gasteiger partial charge in [-0.3, -0.25) is 9.10 Å². The molecule has 1 unspecified atom stereocenters. The molecule has 14 heteroatoms. The van der Waals surface area contributed by atoms with Crippen molar-refractivity contribution in [2.45, 2.75) is 66.7 Å². The second kappa shape index (κ2) is 9.56. The summed E-state index contributed by atoms with van der Waals surface area (Å²) in [5.41, 5.74) is -3.54. The van der Waals surface area contributed by atoms with Crippen LogP contribution >= 0.6 is 0 Å². The normalized spacial score (nSPS) is 25.8. The van der Waals surface area contributed by atoms with E-state index in [4.69, 9.17) is 4.52 Å². The molecule has 0 saturated heterocycles. The van der Waals surface area contributed by atoms with E-state index < -0.39 is 58.0 Å². The molecule has 1 atom stereocenters. The van der Waals surface area contributed by atoms with Crippen LogP contribution in [0.5, 0.6) is 0 Å². The first-order chi connectivity index (χ1) is 19.8. The van der Waals surface area contributed by atoms with Crippen LogP contribution in [-0.4, -0.2) is 53.5 Å². The minimum Gasteiger partial charge on any atom is -0.478 e. The van der Waals surface area contributed by atoms with E-state index in [0.29, 0.717) is 18.4 Å². The van der Waals surface area contributed by atoms with Crippen LogP contribution in [0.15, 0.2) is 64.2 Å². The van der Waals surface area contributed by atoms with Crippen molar-refractivity contribution < 1.29 is 45.9 Å². The van der Waals surface area contributed by atoms with Crippen LogP contribution in [0, 0.1) is 5.92 Å². The summed E-state index contributed by atoms with van der Waals surface area (Å²) in [5.74, 6) is -1.94. The van der Waals surface area contributed by atoms with Gasteiger partial charge in [-0.2, -0.15) is 13.2 Å². The highest BCUT2D eigenvalue weighted by Crippen LogP contribution is 2.62. The first kappa shape index (κ1) is 28.2. The Morgan fingerprint density at radius 2 is 1.74 bits per heavy atom. The highest BCUT2D eigenvalue weighted by atomic mass is 32.2. The van der Waals surface area contributed by atoms with Crippen molar-refractivity contribution in [3.8, 4) is 0 Å². The molecule has 1 aromatic heterocycles. The van der Waals surface area contributed by atoms with Crippen LogP contribution < -0.4 is 9.62 Å². The summed E-state index contributed by atoms with van der Waals surface area (Å²) in [6, 6.07) is 9.92. The molecule has 0 bridgehead atoms. The summed E-state index contributed by atoms with van der Waals surface area (Å²) in [6.07, 6.45) is -3.95. The van der Waals surface area contributed by atoms with Gasteiger partial charge in [0.2, 0.25) is 0 Å². The van der Waals surface area contributed by atoms with E-state index in [2.05, 4.69) is 10.5 Å². The van der Waals surface area contributed by atoms with Crippen molar-refractivity contribution in [3.05, 3.63) is 71.5 Å². The standard InChI is InChI=1S/C28H26F3N3O7S/c29-28(30,31)27(38)11-9-26(10-12-27)20-15-17(24(35)32-22-8-13-41-33-22)6-7-21(20)34(23(26)16-4-5-16)42(39,40)19-3-1-2-18(14-19)25(36)37/h1-3,6-8,13-16,23,38H,4-5,9-12H2,(H,36,37)(H,32,33,35). The van der Waals surface area contributed by atoms with Gasteiger partial charge in [0.1, 0.15) is 6.26 Å². The lowest BCUT2D eigenvalue weighted by molar-refractivity contribution is -0.273. The van der Waals surface area contributed by atoms with E-state index in [-0.39, 0.29) is 46.3 Å². The molecule has 1 spiro atoms. The third-order valence-electron chi connectivity index (χ3n) is 8.73. The number of halogens is 3. The number of aliphatic hydroxyl groups is 1. The largest absolute Gasteiger partial charge is 0.478 e. The molecular formula is C28H26F3N3O7S. The van der Waals surface area contributed by atoms with Gasteiger partial charge in [-0.05, 0) is 86.4 Å². The van der Waals surface area contributed by atoms with Gasteiger partial charge in [0.15, 0.2) is 11.4 Å². The SMILES string of the molecule is O=C(O)c1cccc(S(=O)(=O)N2c3ccc(C(=O)Nc4ccon4)cc3C3(CCC(O)(C(F)(F)F)CC3)C2C2CC2)c1. The zero-order valence-electron chi connectivity index (χ0n) is 22.0. The molecule has 2 fully saturated rings. The molecule has 1 aliphatic heterocycles. The molecule has 0 radical (unpaired) electrons. The second-order valence-corrected chi connectivity index (χ2v) is 13.0. The lowest BCUT2D eigenvalue weighted by atomic mass is 9.61. The topological polar surface area (TPSA) is 150 Å². The van der Waals surface area contributed by atoms with Gasteiger partial charge >= 0.3 is 12.1 Å². The summed E-state index contributed by atoms with van der Waals surface area (Å²) in [7, 11) is -4.41. The van der Waals surface area contributed by atoms with Gasteiger partial charge in [-0.1, -0.05) is 11.2 Å². The van der Waals surface area contributed by atoms with E-state index in [1.54, 1.807) is 0 Å². The number of aromatic nitrogens is 1. The Hall–Kier alpha value is -3.91. The van der Waals surface area contributed by atoms with Crippen molar-refractivity contribution in [3.63, 3.8) is 0 Å². The number of alkyl halides is 3. The maximum atomic E-state index is 14.3. The van der Waals surface area contributed by atoms with Crippen LogP contribution in [0.4, 0.5) is 24.7 Å². The number of carboxylic acids is 1. The highest BCUT2D eigenvalue weighted by molar-refractivity contribution is 7.93. The number of carbonyl (C=O) groups excluding carboxylic acids is 1. The number of fused-ring (bicyclic) bond motifs is 2. The number of nitrogens with zero attached hydrogens (tertiary/aromatic N) is 2. The first-order valence-corrected chi connectivity index (χ1v) is 14.7. The van der Waals surface area contributed by atoms with E-state index in [9.17, 15) is 41.4 Å². The number of rotatable bonds is 6. The van der Waals surface area contributed by atoms with Crippen LogP contribution in [0.1, 0.15) is 64.8 Å². The van der Waals surface area contributed by atoms with Crippen molar-refractivity contribution in [1.29, 1.82) is 0 Å². The lowest BCUT2D eigenvalue weighted by Crippen LogP contribution is -2.56. The summed E-state index contributed by atoms with van der Waals surface area (Å²) < 4.78 is 76.0. The highest BCUT2D eigenvalue weighted by Gasteiger charge is 2.65. The third kappa shape index (κ3) is 4.44. The average molecular weight is 606 g/mol. The summed E-state index contributed by atoms with van der Waals surface area (Å²) >= 11 is 0. The smallest absolute Gasteiger partial charge is 0.417 e. The van der Waals surface area contributed by atoms with Crippen molar-refractivity contribution in [2.75, 3.05) is 9.62 Å². The minimum absolute atomic E-state index is 0.134. The van der Waals surface area contributed by atoms with Gasteiger partial charge in [-0.25, -0.2) is 13.2 Å². The predicted molar refractivity (Wildman–Crippen MR) is 142 cm³/mol. The fourth-order valence-corrected chi connectivity index (χ4v) is 8.31. The number of anilines is 2. The van der Waals surface area contributed by atoms with Crippen LogP contribution in [-0.2, 0) is 15.4 Å². The third-order valence-corrected chi connectivity index (χ3v) is 10.5. The summed E-state index contributed by atoms with van der Waals surface area (Å²) in [6.45, 7) is 0. The molecule has 2 aromatic carbocycles. The molecule has 1 amide bonds. The molecule has 2 heterocycles. The Morgan fingerprint density at radius 3 is 2.33 bits per heavy atom.